The molecule has 0 saturated carbocycles. The summed E-state index contributed by atoms with van der Waals surface area (Å²) in [5, 5.41) is 4.28. The zero-order chi connectivity index (χ0) is 14.2. The van der Waals surface area contributed by atoms with Crippen LogP contribution in [0.25, 0.3) is 0 Å². The highest BCUT2D eigenvalue weighted by Gasteiger charge is 2.29. The third-order valence-electron chi connectivity index (χ3n) is 4.80. The molecule has 0 spiro atoms. The van der Waals surface area contributed by atoms with Crippen molar-refractivity contribution in [3.8, 4) is 0 Å². The molecule has 2 aliphatic rings. The maximum atomic E-state index is 4.91. The number of aryl methyl sites for hydroxylation is 3. The first-order chi connectivity index (χ1) is 10.3. The quantitative estimate of drug-likeness (QED) is 0.942. The molecular formula is C16H23N5. The molecule has 1 fully saturated rings. The number of likely N-dealkylation sites (tertiary alicyclic amines) is 1. The van der Waals surface area contributed by atoms with E-state index < -0.39 is 0 Å². The van der Waals surface area contributed by atoms with Crippen LogP contribution in [-0.2, 0) is 26.4 Å². The zero-order valence-corrected chi connectivity index (χ0v) is 12.7. The van der Waals surface area contributed by atoms with Gasteiger partial charge in [0, 0.05) is 31.0 Å². The second-order valence-electron chi connectivity index (χ2n) is 6.41. The molecule has 1 unspecified atom stereocenters. The normalized spacial score (nSPS) is 22.6. The second kappa shape index (κ2) is 5.30. The van der Waals surface area contributed by atoms with E-state index in [2.05, 4.69) is 21.2 Å². The van der Waals surface area contributed by atoms with Crippen molar-refractivity contribution in [2.75, 3.05) is 6.54 Å². The van der Waals surface area contributed by atoms with Crippen molar-refractivity contribution in [3.05, 3.63) is 35.2 Å². The summed E-state index contributed by atoms with van der Waals surface area (Å²) >= 11 is 0. The van der Waals surface area contributed by atoms with Gasteiger partial charge in [0.1, 0.15) is 5.82 Å². The van der Waals surface area contributed by atoms with Crippen LogP contribution in [0.4, 0.5) is 0 Å². The Morgan fingerprint density at radius 2 is 2.19 bits per heavy atom. The first-order valence-corrected chi connectivity index (χ1v) is 8.09. The number of nitrogens with zero attached hydrogens (tertiary/aromatic N) is 4. The van der Waals surface area contributed by atoms with E-state index in [4.69, 9.17) is 4.98 Å². The van der Waals surface area contributed by atoms with Gasteiger partial charge in [-0.2, -0.15) is 5.10 Å². The fourth-order valence-corrected chi connectivity index (χ4v) is 3.75. The topological polar surface area (TPSA) is 49.7 Å². The van der Waals surface area contributed by atoms with Crippen LogP contribution < -0.4 is 0 Å². The van der Waals surface area contributed by atoms with Crippen LogP contribution in [0.3, 0.4) is 0 Å². The van der Waals surface area contributed by atoms with Crippen LogP contribution >= 0.6 is 0 Å². The lowest BCUT2D eigenvalue weighted by atomic mass is 10.0. The second-order valence-corrected chi connectivity index (χ2v) is 6.41. The Bertz CT molecular complexity index is 603. The van der Waals surface area contributed by atoms with Gasteiger partial charge in [-0.25, -0.2) is 4.98 Å². The van der Waals surface area contributed by atoms with Gasteiger partial charge in [0.15, 0.2) is 0 Å². The van der Waals surface area contributed by atoms with Gasteiger partial charge < -0.3 is 4.98 Å². The molecule has 1 atom stereocenters. The Hall–Kier alpha value is -1.62. The third kappa shape index (κ3) is 2.50. The van der Waals surface area contributed by atoms with Crippen molar-refractivity contribution in [1.82, 2.24) is 24.6 Å². The summed E-state index contributed by atoms with van der Waals surface area (Å²) in [6, 6.07) is 0.454. The number of fused-ring (bicyclic) bond motifs is 1. The lowest BCUT2D eigenvalue weighted by Crippen LogP contribution is -2.23. The fourth-order valence-electron chi connectivity index (χ4n) is 3.75. The molecule has 1 aliphatic carbocycles. The Kier molecular flexibility index (Phi) is 3.30. The summed E-state index contributed by atoms with van der Waals surface area (Å²) in [5.41, 5.74) is 4.01. The number of rotatable bonds is 3. The molecule has 2 aromatic rings. The molecule has 1 saturated heterocycles. The highest BCUT2D eigenvalue weighted by Crippen LogP contribution is 2.33. The maximum absolute atomic E-state index is 4.91. The summed E-state index contributed by atoms with van der Waals surface area (Å²) in [6.45, 7) is 2.13. The Morgan fingerprint density at radius 3 is 3.00 bits per heavy atom. The van der Waals surface area contributed by atoms with Crippen LogP contribution in [0.2, 0.25) is 0 Å². The molecule has 0 aromatic carbocycles. The standard InChI is InChI=1S/C16H23N5/c1-20-10-12(9-17-20)11-21-8-4-7-15(21)16-18-13-5-2-3-6-14(13)19-16/h9-10,15H,2-8,11H2,1H3,(H,18,19). The van der Waals surface area contributed by atoms with Gasteiger partial charge in [-0.15, -0.1) is 0 Å². The third-order valence-corrected chi connectivity index (χ3v) is 4.80. The average Bonchev–Trinajstić information content (AvgIpc) is 3.18. The summed E-state index contributed by atoms with van der Waals surface area (Å²) in [4.78, 5) is 11.1. The summed E-state index contributed by atoms with van der Waals surface area (Å²) in [5.74, 6) is 1.20. The predicted octanol–water partition coefficient (Wildman–Crippen LogP) is 2.36. The summed E-state index contributed by atoms with van der Waals surface area (Å²) in [7, 11) is 1.98. The van der Waals surface area contributed by atoms with Crippen LogP contribution in [0.5, 0.6) is 0 Å². The average molecular weight is 285 g/mol. The SMILES string of the molecule is Cn1cc(CN2CCCC2c2nc3c([nH]2)CCCC3)cn1. The zero-order valence-electron chi connectivity index (χ0n) is 12.7. The van der Waals surface area contributed by atoms with Crippen molar-refractivity contribution in [2.45, 2.75) is 51.1 Å². The molecule has 4 rings (SSSR count). The van der Waals surface area contributed by atoms with Crippen LogP contribution in [-0.4, -0.2) is 31.2 Å². The highest BCUT2D eigenvalue weighted by molar-refractivity contribution is 5.20. The fraction of sp³-hybridized carbons (Fsp3) is 0.625. The molecule has 0 radical (unpaired) electrons. The van der Waals surface area contributed by atoms with Gasteiger partial charge in [-0.3, -0.25) is 9.58 Å². The van der Waals surface area contributed by atoms with Crippen molar-refractivity contribution in [1.29, 1.82) is 0 Å². The minimum atomic E-state index is 0.454. The van der Waals surface area contributed by atoms with E-state index in [9.17, 15) is 0 Å². The van der Waals surface area contributed by atoms with Crippen molar-refractivity contribution in [3.63, 3.8) is 0 Å². The van der Waals surface area contributed by atoms with E-state index >= 15 is 0 Å². The molecule has 112 valence electrons. The molecule has 21 heavy (non-hydrogen) atoms. The lowest BCUT2D eigenvalue weighted by Gasteiger charge is -2.22. The number of nitrogens with one attached hydrogen (secondary N) is 1. The Balaban J connectivity index is 1.54. The summed E-state index contributed by atoms with van der Waals surface area (Å²) in [6.07, 6.45) is 11.5. The van der Waals surface area contributed by atoms with Crippen molar-refractivity contribution < 1.29 is 0 Å². The minimum absolute atomic E-state index is 0.454. The number of imidazole rings is 1. The lowest BCUT2D eigenvalue weighted by molar-refractivity contribution is 0.240. The van der Waals surface area contributed by atoms with Crippen LogP contribution in [0.1, 0.15) is 54.5 Å². The van der Waals surface area contributed by atoms with Gasteiger partial charge in [0.25, 0.3) is 0 Å². The molecule has 1 aliphatic heterocycles. The predicted molar refractivity (Wildman–Crippen MR) is 80.8 cm³/mol. The van der Waals surface area contributed by atoms with E-state index in [0.29, 0.717) is 6.04 Å². The van der Waals surface area contributed by atoms with E-state index in [1.165, 1.54) is 54.9 Å². The molecular weight excluding hydrogens is 262 g/mol. The minimum Gasteiger partial charge on any atom is -0.344 e. The summed E-state index contributed by atoms with van der Waals surface area (Å²) < 4.78 is 1.88. The maximum Gasteiger partial charge on any atom is 0.124 e. The van der Waals surface area contributed by atoms with Gasteiger partial charge in [0.2, 0.25) is 0 Å². The first kappa shape index (κ1) is 13.1. The number of H-pyrrole nitrogens is 1. The first-order valence-electron chi connectivity index (χ1n) is 8.09. The largest absolute Gasteiger partial charge is 0.344 e. The van der Waals surface area contributed by atoms with Gasteiger partial charge in [0.05, 0.1) is 17.9 Å². The van der Waals surface area contributed by atoms with Crippen molar-refractivity contribution >= 4 is 0 Å². The molecule has 0 amide bonds. The number of hydrogen-bond donors (Lipinski definition) is 1. The van der Waals surface area contributed by atoms with Gasteiger partial charge >= 0.3 is 0 Å². The number of aromatic nitrogens is 4. The number of aromatic amines is 1. The van der Waals surface area contributed by atoms with E-state index in [-0.39, 0.29) is 0 Å². The molecule has 2 aromatic heterocycles. The Labute approximate surface area is 125 Å². The van der Waals surface area contributed by atoms with Crippen molar-refractivity contribution in [2.24, 2.45) is 7.05 Å². The Morgan fingerprint density at radius 1 is 1.29 bits per heavy atom. The van der Waals surface area contributed by atoms with Crippen LogP contribution in [0, 0.1) is 0 Å². The molecule has 1 N–H and O–H groups in total. The van der Waals surface area contributed by atoms with E-state index in [0.717, 1.165) is 19.5 Å². The van der Waals surface area contributed by atoms with E-state index in [1.54, 1.807) is 0 Å². The molecule has 3 heterocycles. The van der Waals surface area contributed by atoms with E-state index in [1.807, 2.05) is 17.9 Å². The van der Waals surface area contributed by atoms with Crippen LogP contribution in [0.15, 0.2) is 12.4 Å². The van der Waals surface area contributed by atoms with Gasteiger partial charge in [-0.1, -0.05) is 0 Å². The monoisotopic (exact) mass is 285 g/mol. The number of hydrogen-bond acceptors (Lipinski definition) is 3. The van der Waals surface area contributed by atoms with Gasteiger partial charge in [-0.05, 0) is 45.1 Å². The highest BCUT2D eigenvalue weighted by atomic mass is 15.3. The molecule has 5 heteroatoms. The molecule has 0 bridgehead atoms. The smallest absolute Gasteiger partial charge is 0.124 e. The molecule has 5 nitrogen and oxygen atoms in total.